The number of nitrogens with zero attached hydrogens (tertiary/aromatic N) is 2. The fourth-order valence-electron chi connectivity index (χ4n) is 2.31. The average Bonchev–Trinajstić information content (AvgIpc) is 3.10. The lowest BCUT2D eigenvalue weighted by Gasteiger charge is -1.99. The van der Waals surface area contributed by atoms with Gasteiger partial charge >= 0.3 is 0 Å². The van der Waals surface area contributed by atoms with Gasteiger partial charge in [0.15, 0.2) is 0 Å². The number of hydrogen-bond donors (Lipinski definition) is 0. The number of aryl methyl sites for hydroxylation is 1. The molecule has 0 saturated carbocycles. The highest BCUT2D eigenvalue weighted by Gasteiger charge is 2.09. The van der Waals surface area contributed by atoms with Gasteiger partial charge < -0.3 is 0 Å². The first kappa shape index (κ1) is 16.6. The summed E-state index contributed by atoms with van der Waals surface area (Å²) in [7, 11) is 0. The summed E-state index contributed by atoms with van der Waals surface area (Å²) in [6, 6.07) is 18.6. The van der Waals surface area contributed by atoms with Crippen molar-refractivity contribution in [3.05, 3.63) is 74.5 Å². The van der Waals surface area contributed by atoms with Crippen molar-refractivity contribution in [3.63, 3.8) is 0 Å². The SMILES string of the molecule is CCc1ccc(/C=C(\C#N)c2nc(-c3ccc(Br)cc3)cs2)cc1. The van der Waals surface area contributed by atoms with Gasteiger partial charge in [0, 0.05) is 15.4 Å². The van der Waals surface area contributed by atoms with Crippen molar-refractivity contribution < 1.29 is 0 Å². The average molecular weight is 395 g/mol. The van der Waals surface area contributed by atoms with E-state index >= 15 is 0 Å². The molecule has 0 aliphatic carbocycles. The second-order valence-corrected chi connectivity index (χ2v) is 7.08. The Morgan fingerprint density at radius 3 is 2.50 bits per heavy atom. The molecule has 4 heteroatoms. The molecule has 3 rings (SSSR count). The molecule has 0 amide bonds. The number of allylic oxidation sites excluding steroid dienone is 1. The summed E-state index contributed by atoms with van der Waals surface area (Å²) in [6.45, 7) is 2.13. The smallest absolute Gasteiger partial charge is 0.134 e. The lowest BCUT2D eigenvalue weighted by Crippen LogP contribution is -1.84. The van der Waals surface area contributed by atoms with Crippen molar-refractivity contribution in [1.29, 1.82) is 5.26 Å². The number of nitriles is 1. The fourth-order valence-corrected chi connectivity index (χ4v) is 3.37. The highest BCUT2D eigenvalue weighted by molar-refractivity contribution is 9.10. The maximum absolute atomic E-state index is 9.50. The van der Waals surface area contributed by atoms with Crippen LogP contribution in [0, 0.1) is 11.3 Å². The molecular weight excluding hydrogens is 380 g/mol. The molecule has 118 valence electrons. The normalized spacial score (nSPS) is 11.3. The molecule has 24 heavy (non-hydrogen) atoms. The molecule has 0 spiro atoms. The van der Waals surface area contributed by atoms with Crippen molar-refractivity contribution >= 4 is 38.9 Å². The Labute approximate surface area is 154 Å². The summed E-state index contributed by atoms with van der Waals surface area (Å²) in [4.78, 5) is 4.62. The van der Waals surface area contributed by atoms with E-state index in [0.29, 0.717) is 5.57 Å². The van der Waals surface area contributed by atoms with Crippen molar-refractivity contribution in [3.8, 4) is 17.3 Å². The molecule has 3 aromatic rings. The van der Waals surface area contributed by atoms with E-state index in [-0.39, 0.29) is 0 Å². The van der Waals surface area contributed by atoms with E-state index in [4.69, 9.17) is 0 Å². The minimum Gasteiger partial charge on any atom is -0.235 e. The third-order valence-electron chi connectivity index (χ3n) is 3.69. The number of hydrogen-bond acceptors (Lipinski definition) is 3. The van der Waals surface area contributed by atoms with Crippen LogP contribution in [0.2, 0.25) is 0 Å². The Kier molecular flexibility index (Phi) is 5.24. The summed E-state index contributed by atoms with van der Waals surface area (Å²) in [6.07, 6.45) is 2.90. The summed E-state index contributed by atoms with van der Waals surface area (Å²) >= 11 is 4.93. The molecule has 0 N–H and O–H groups in total. The van der Waals surface area contributed by atoms with Crippen LogP contribution in [-0.4, -0.2) is 4.98 Å². The Hall–Kier alpha value is -2.22. The van der Waals surface area contributed by atoms with E-state index < -0.39 is 0 Å². The Morgan fingerprint density at radius 1 is 1.17 bits per heavy atom. The largest absolute Gasteiger partial charge is 0.235 e. The van der Waals surface area contributed by atoms with Crippen LogP contribution in [0.5, 0.6) is 0 Å². The summed E-state index contributed by atoms with van der Waals surface area (Å²) in [5, 5.41) is 12.2. The summed E-state index contributed by atoms with van der Waals surface area (Å²) in [5.74, 6) is 0. The zero-order valence-corrected chi connectivity index (χ0v) is 15.6. The minimum absolute atomic E-state index is 0.590. The van der Waals surface area contributed by atoms with Crippen LogP contribution in [0.4, 0.5) is 0 Å². The van der Waals surface area contributed by atoms with Crippen LogP contribution < -0.4 is 0 Å². The van der Waals surface area contributed by atoms with E-state index in [9.17, 15) is 5.26 Å². The molecule has 0 bridgehead atoms. The van der Waals surface area contributed by atoms with Crippen molar-refractivity contribution in [2.24, 2.45) is 0 Å². The van der Waals surface area contributed by atoms with E-state index in [0.717, 1.165) is 32.7 Å². The Bertz CT molecular complexity index is 900. The van der Waals surface area contributed by atoms with E-state index in [1.165, 1.54) is 16.9 Å². The Morgan fingerprint density at radius 2 is 1.88 bits per heavy atom. The van der Waals surface area contributed by atoms with Gasteiger partial charge in [0.2, 0.25) is 0 Å². The maximum Gasteiger partial charge on any atom is 0.134 e. The van der Waals surface area contributed by atoms with Crippen LogP contribution in [0.3, 0.4) is 0 Å². The maximum atomic E-state index is 9.50. The molecule has 0 atom stereocenters. The zero-order valence-electron chi connectivity index (χ0n) is 13.2. The number of aromatic nitrogens is 1. The van der Waals surface area contributed by atoms with Gasteiger partial charge in [-0.05, 0) is 35.8 Å². The number of rotatable bonds is 4. The molecule has 1 aromatic heterocycles. The molecule has 1 heterocycles. The summed E-state index contributed by atoms with van der Waals surface area (Å²) in [5.41, 5.74) is 4.84. The molecule has 0 saturated heterocycles. The highest BCUT2D eigenvalue weighted by Crippen LogP contribution is 2.28. The van der Waals surface area contributed by atoms with Gasteiger partial charge in [0.1, 0.15) is 11.1 Å². The molecule has 0 aliphatic heterocycles. The molecule has 0 fully saturated rings. The van der Waals surface area contributed by atoms with Crippen LogP contribution in [0.15, 0.2) is 58.4 Å². The van der Waals surface area contributed by atoms with Crippen LogP contribution in [-0.2, 0) is 6.42 Å². The van der Waals surface area contributed by atoms with E-state index in [1.807, 2.05) is 47.9 Å². The van der Waals surface area contributed by atoms with Gasteiger partial charge in [0.25, 0.3) is 0 Å². The standard InChI is InChI=1S/C20H15BrN2S/c1-2-14-3-5-15(6-4-14)11-17(12-22)20-23-19(13-24-20)16-7-9-18(21)10-8-16/h3-11,13H,2H2,1H3/b17-11+. The first-order chi connectivity index (χ1) is 11.7. The van der Waals surface area contributed by atoms with Gasteiger partial charge in [0.05, 0.1) is 11.3 Å². The molecular formula is C20H15BrN2S. The van der Waals surface area contributed by atoms with Crippen molar-refractivity contribution in [1.82, 2.24) is 4.98 Å². The van der Waals surface area contributed by atoms with Crippen LogP contribution >= 0.6 is 27.3 Å². The van der Waals surface area contributed by atoms with Gasteiger partial charge in [-0.3, -0.25) is 0 Å². The van der Waals surface area contributed by atoms with Crippen LogP contribution in [0.25, 0.3) is 22.9 Å². The van der Waals surface area contributed by atoms with Crippen molar-refractivity contribution in [2.75, 3.05) is 0 Å². The third-order valence-corrected chi connectivity index (χ3v) is 5.10. The predicted molar refractivity (Wildman–Crippen MR) is 105 cm³/mol. The first-order valence-corrected chi connectivity index (χ1v) is 9.29. The third kappa shape index (κ3) is 3.81. The second-order valence-electron chi connectivity index (χ2n) is 5.31. The van der Waals surface area contributed by atoms with E-state index in [2.05, 4.69) is 46.0 Å². The lowest BCUT2D eigenvalue weighted by atomic mass is 10.1. The van der Waals surface area contributed by atoms with Crippen LogP contribution in [0.1, 0.15) is 23.1 Å². The topological polar surface area (TPSA) is 36.7 Å². The highest BCUT2D eigenvalue weighted by atomic mass is 79.9. The lowest BCUT2D eigenvalue weighted by molar-refractivity contribution is 1.14. The molecule has 0 aliphatic rings. The number of benzene rings is 2. The molecule has 2 nitrogen and oxygen atoms in total. The quantitative estimate of drug-likeness (QED) is 0.493. The van der Waals surface area contributed by atoms with E-state index in [1.54, 1.807) is 0 Å². The second kappa shape index (κ2) is 7.57. The fraction of sp³-hybridized carbons (Fsp3) is 0.100. The minimum atomic E-state index is 0.590. The molecule has 0 unspecified atom stereocenters. The van der Waals surface area contributed by atoms with Gasteiger partial charge in [-0.25, -0.2) is 4.98 Å². The summed E-state index contributed by atoms with van der Waals surface area (Å²) < 4.78 is 1.04. The molecule has 0 radical (unpaired) electrons. The van der Waals surface area contributed by atoms with Gasteiger partial charge in [-0.15, -0.1) is 11.3 Å². The van der Waals surface area contributed by atoms with Crippen molar-refractivity contribution in [2.45, 2.75) is 13.3 Å². The van der Waals surface area contributed by atoms with Gasteiger partial charge in [-0.1, -0.05) is 59.3 Å². The Balaban J connectivity index is 1.90. The number of thiazole rings is 1. The monoisotopic (exact) mass is 394 g/mol. The zero-order chi connectivity index (χ0) is 16.9. The molecule has 2 aromatic carbocycles. The predicted octanol–water partition coefficient (Wildman–Crippen LogP) is 6.20. The first-order valence-electron chi connectivity index (χ1n) is 7.62. The number of halogens is 1. The van der Waals surface area contributed by atoms with Gasteiger partial charge in [-0.2, -0.15) is 5.26 Å².